The summed E-state index contributed by atoms with van der Waals surface area (Å²) in [6.45, 7) is 2.54. The summed E-state index contributed by atoms with van der Waals surface area (Å²) in [5.74, 6) is -0.838. The number of amides is 3. The first-order valence-electron chi connectivity index (χ1n) is 5.91. The molecular formula is C11H19N3O4. The largest absolute Gasteiger partial charge is 0.383 e. The van der Waals surface area contributed by atoms with Crippen molar-refractivity contribution in [2.45, 2.75) is 31.8 Å². The van der Waals surface area contributed by atoms with Crippen molar-refractivity contribution in [1.29, 1.82) is 0 Å². The van der Waals surface area contributed by atoms with Crippen molar-refractivity contribution in [2.75, 3.05) is 20.3 Å². The Hall–Kier alpha value is -1.47. The van der Waals surface area contributed by atoms with Gasteiger partial charge in [-0.25, -0.2) is 0 Å². The highest BCUT2D eigenvalue weighted by Gasteiger charge is 2.28. The van der Waals surface area contributed by atoms with Crippen molar-refractivity contribution < 1.29 is 19.1 Å². The van der Waals surface area contributed by atoms with Crippen molar-refractivity contribution in [3.8, 4) is 0 Å². The van der Waals surface area contributed by atoms with E-state index in [0.29, 0.717) is 26.0 Å². The maximum atomic E-state index is 11.6. The monoisotopic (exact) mass is 257 g/mol. The first kappa shape index (κ1) is 14.6. The molecule has 1 heterocycles. The van der Waals surface area contributed by atoms with Gasteiger partial charge >= 0.3 is 0 Å². The lowest BCUT2D eigenvalue weighted by Crippen LogP contribution is -2.56. The highest BCUT2D eigenvalue weighted by Crippen LogP contribution is 2.05. The maximum absolute atomic E-state index is 11.6. The third-order valence-corrected chi connectivity index (χ3v) is 2.69. The molecule has 3 N–H and O–H groups in total. The number of nitrogens with one attached hydrogen (secondary N) is 3. The summed E-state index contributed by atoms with van der Waals surface area (Å²) in [6.07, 6.45) is 0.710. The SMILES string of the molecule is COCCNC(=O)C(C)NC1CCC(=O)NC1=O. The smallest absolute Gasteiger partial charge is 0.243 e. The first-order valence-corrected chi connectivity index (χ1v) is 5.91. The molecular weight excluding hydrogens is 238 g/mol. The van der Waals surface area contributed by atoms with Crippen LogP contribution in [0.3, 0.4) is 0 Å². The van der Waals surface area contributed by atoms with Crippen LogP contribution < -0.4 is 16.0 Å². The molecule has 1 fully saturated rings. The van der Waals surface area contributed by atoms with Crippen molar-refractivity contribution in [2.24, 2.45) is 0 Å². The van der Waals surface area contributed by atoms with Crippen LogP contribution in [0.25, 0.3) is 0 Å². The van der Waals surface area contributed by atoms with Crippen LogP contribution in [0.2, 0.25) is 0 Å². The van der Waals surface area contributed by atoms with Gasteiger partial charge < -0.3 is 10.1 Å². The third-order valence-electron chi connectivity index (χ3n) is 2.69. The van der Waals surface area contributed by atoms with Gasteiger partial charge in [-0.2, -0.15) is 0 Å². The quantitative estimate of drug-likeness (QED) is 0.399. The van der Waals surface area contributed by atoms with Gasteiger partial charge in [0.1, 0.15) is 0 Å². The molecule has 7 heteroatoms. The van der Waals surface area contributed by atoms with E-state index in [4.69, 9.17) is 4.74 Å². The van der Waals surface area contributed by atoms with Crippen LogP contribution in [0.4, 0.5) is 0 Å². The minimum absolute atomic E-state index is 0.197. The van der Waals surface area contributed by atoms with Gasteiger partial charge in [0.05, 0.1) is 18.7 Å². The molecule has 7 nitrogen and oxygen atoms in total. The summed E-state index contributed by atoms with van der Waals surface area (Å²) in [5, 5.41) is 7.80. The highest BCUT2D eigenvalue weighted by atomic mass is 16.5. The van der Waals surface area contributed by atoms with Crippen molar-refractivity contribution in [1.82, 2.24) is 16.0 Å². The van der Waals surface area contributed by atoms with Gasteiger partial charge in [0.15, 0.2) is 0 Å². The Labute approximate surface area is 106 Å². The lowest BCUT2D eigenvalue weighted by atomic mass is 10.1. The Morgan fingerprint density at radius 2 is 2.28 bits per heavy atom. The predicted octanol–water partition coefficient (Wildman–Crippen LogP) is -1.47. The molecule has 0 radical (unpaired) electrons. The number of imide groups is 1. The number of ether oxygens (including phenoxy) is 1. The minimum Gasteiger partial charge on any atom is -0.383 e. The molecule has 0 saturated carbocycles. The first-order chi connectivity index (χ1) is 8.54. The number of hydrogen-bond acceptors (Lipinski definition) is 5. The van der Waals surface area contributed by atoms with Crippen LogP contribution in [0.15, 0.2) is 0 Å². The second-order valence-electron chi connectivity index (χ2n) is 4.18. The maximum Gasteiger partial charge on any atom is 0.243 e. The van der Waals surface area contributed by atoms with Crippen LogP contribution >= 0.6 is 0 Å². The molecule has 0 aromatic rings. The fraction of sp³-hybridized carbons (Fsp3) is 0.727. The van der Waals surface area contributed by atoms with Crippen LogP contribution in [-0.2, 0) is 19.1 Å². The predicted molar refractivity (Wildman–Crippen MR) is 63.7 cm³/mol. The molecule has 0 bridgehead atoms. The van der Waals surface area contributed by atoms with E-state index in [0.717, 1.165) is 0 Å². The van der Waals surface area contributed by atoms with Gasteiger partial charge in [0.2, 0.25) is 17.7 Å². The second kappa shape index (κ2) is 7.07. The lowest BCUT2D eigenvalue weighted by molar-refractivity contribution is -0.135. The molecule has 1 aliphatic rings. The Morgan fingerprint density at radius 1 is 1.56 bits per heavy atom. The average molecular weight is 257 g/mol. The number of methoxy groups -OCH3 is 1. The molecule has 0 aromatic heterocycles. The summed E-state index contributed by atoms with van der Waals surface area (Å²) in [7, 11) is 1.55. The lowest BCUT2D eigenvalue weighted by Gasteiger charge is -2.24. The number of hydrogen-bond donors (Lipinski definition) is 3. The molecule has 0 spiro atoms. The Morgan fingerprint density at radius 3 is 2.89 bits per heavy atom. The molecule has 102 valence electrons. The van der Waals surface area contributed by atoms with Crippen molar-refractivity contribution in [3.05, 3.63) is 0 Å². The standard InChI is InChI=1S/C11H19N3O4/c1-7(10(16)12-5-6-18-2)13-8-3-4-9(15)14-11(8)17/h7-8,13H,3-6H2,1-2H3,(H,12,16)(H,14,15,17). The average Bonchev–Trinajstić information content (AvgIpc) is 2.32. The molecule has 0 aliphatic carbocycles. The van der Waals surface area contributed by atoms with E-state index in [-0.39, 0.29) is 17.7 Å². The van der Waals surface area contributed by atoms with Crippen LogP contribution in [0.1, 0.15) is 19.8 Å². The van der Waals surface area contributed by atoms with E-state index >= 15 is 0 Å². The molecule has 1 saturated heterocycles. The van der Waals surface area contributed by atoms with E-state index in [2.05, 4.69) is 16.0 Å². The van der Waals surface area contributed by atoms with Gasteiger partial charge in [0, 0.05) is 20.1 Å². The van der Waals surface area contributed by atoms with E-state index in [1.807, 2.05) is 0 Å². The summed E-state index contributed by atoms with van der Waals surface area (Å²) in [4.78, 5) is 34.1. The Balaban J connectivity index is 2.34. The van der Waals surface area contributed by atoms with Gasteiger partial charge in [-0.3, -0.25) is 25.0 Å². The molecule has 2 unspecified atom stereocenters. The molecule has 1 aliphatic heterocycles. The van der Waals surface area contributed by atoms with Gasteiger partial charge in [-0.05, 0) is 13.3 Å². The molecule has 3 amide bonds. The number of rotatable bonds is 6. The zero-order chi connectivity index (χ0) is 13.5. The van der Waals surface area contributed by atoms with Crippen molar-refractivity contribution in [3.63, 3.8) is 0 Å². The van der Waals surface area contributed by atoms with E-state index in [1.165, 1.54) is 0 Å². The fourth-order valence-electron chi connectivity index (χ4n) is 1.66. The van der Waals surface area contributed by atoms with E-state index in [1.54, 1.807) is 14.0 Å². The molecule has 1 rings (SSSR count). The van der Waals surface area contributed by atoms with E-state index in [9.17, 15) is 14.4 Å². The van der Waals surface area contributed by atoms with Crippen LogP contribution in [0, 0.1) is 0 Å². The summed E-state index contributed by atoms with van der Waals surface area (Å²) in [6, 6.07) is -0.989. The highest BCUT2D eigenvalue weighted by molar-refractivity contribution is 6.00. The summed E-state index contributed by atoms with van der Waals surface area (Å²) >= 11 is 0. The minimum atomic E-state index is -0.495. The molecule has 2 atom stereocenters. The van der Waals surface area contributed by atoms with Gasteiger partial charge in [0.25, 0.3) is 0 Å². The summed E-state index contributed by atoms with van der Waals surface area (Å²) < 4.78 is 4.81. The van der Waals surface area contributed by atoms with Gasteiger partial charge in [-0.1, -0.05) is 0 Å². The van der Waals surface area contributed by atoms with Crippen LogP contribution in [0.5, 0.6) is 0 Å². The van der Waals surface area contributed by atoms with Crippen molar-refractivity contribution >= 4 is 17.7 Å². The normalized spacial score (nSPS) is 21.3. The second-order valence-corrected chi connectivity index (χ2v) is 4.18. The molecule has 0 aromatic carbocycles. The fourth-order valence-corrected chi connectivity index (χ4v) is 1.66. The Bertz CT molecular complexity index is 332. The van der Waals surface area contributed by atoms with E-state index < -0.39 is 12.1 Å². The number of carbonyl (C=O) groups excluding carboxylic acids is 3. The number of carbonyl (C=O) groups is 3. The van der Waals surface area contributed by atoms with Crippen LogP contribution in [-0.4, -0.2) is 50.1 Å². The Kier molecular flexibility index (Phi) is 5.73. The zero-order valence-electron chi connectivity index (χ0n) is 10.6. The third kappa shape index (κ3) is 4.42. The summed E-state index contributed by atoms with van der Waals surface area (Å²) in [5.41, 5.74) is 0. The zero-order valence-corrected chi connectivity index (χ0v) is 10.6. The van der Waals surface area contributed by atoms with Gasteiger partial charge in [-0.15, -0.1) is 0 Å². The number of piperidine rings is 1. The topological polar surface area (TPSA) is 96.5 Å². The molecule has 18 heavy (non-hydrogen) atoms.